The molecule has 5 rings (SSSR count). The Hall–Kier alpha value is -3.63. The maximum absolute atomic E-state index is 4.44. The molecule has 10 heteroatoms. The molecule has 4 aromatic rings. The number of thiazole rings is 1. The van der Waals surface area contributed by atoms with Crippen molar-refractivity contribution in [2.24, 2.45) is 30.7 Å². The first-order valence-electron chi connectivity index (χ1n) is 11.8. The molecule has 0 bridgehead atoms. The predicted octanol–water partition coefficient (Wildman–Crippen LogP) is 9.98. The molecule has 1 aliphatic rings. The summed E-state index contributed by atoms with van der Waals surface area (Å²) in [6.07, 6.45) is 2.53. The fourth-order valence-electron chi connectivity index (χ4n) is 3.81. The minimum atomic E-state index is 0.649. The molecule has 0 atom stereocenters. The summed E-state index contributed by atoms with van der Waals surface area (Å²) in [5.41, 5.74) is 6.03. The highest BCUT2D eigenvalue weighted by Crippen LogP contribution is 2.35. The molecule has 0 saturated carbocycles. The Kier molecular flexibility index (Phi) is 7.33. The van der Waals surface area contributed by atoms with E-state index in [1.165, 1.54) is 29.2 Å². The highest BCUT2D eigenvalue weighted by atomic mass is 32.1. The average Bonchev–Trinajstić information content (AvgIpc) is 3.64. The van der Waals surface area contributed by atoms with Gasteiger partial charge in [-0.15, -0.1) is 31.8 Å². The summed E-state index contributed by atoms with van der Waals surface area (Å²) in [4.78, 5) is 6.72. The molecule has 0 N–H and O–H groups in total. The number of nitrogens with zero attached hydrogens (tertiary/aromatic N) is 8. The Morgan fingerprint density at radius 3 is 1.97 bits per heavy atom. The fourth-order valence-corrected chi connectivity index (χ4v) is 5.30. The summed E-state index contributed by atoms with van der Waals surface area (Å²) >= 11 is 3.16. The van der Waals surface area contributed by atoms with Crippen molar-refractivity contribution in [1.82, 2.24) is 4.98 Å². The van der Waals surface area contributed by atoms with Gasteiger partial charge in [-0.1, -0.05) is 11.3 Å². The monoisotopic (exact) mass is 514 g/mol. The van der Waals surface area contributed by atoms with Crippen molar-refractivity contribution < 1.29 is 0 Å². The standard InChI is InChI=1S/C26H26N8S2/c1-17-15-21(29-32-24-10-11-25(36-24)34-12-4-5-13-34)7-8-22(17)30-28-20-6-9-23(18(2)14-20)31-33-26-27-19(3)16-35-26/h6-11,14-16H,4-5,12-13H2,1-3H3. The van der Waals surface area contributed by atoms with Crippen LogP contribution in [0.3, 0.4) is 0 Å². The molecule has 2 aromatic carbocycles. The second-order valence-electron chi connectivity index (χ2n) is 8.62. The zero-order valence-electron chi connectivity index (χ0n) is 20.4. The first kappa shape index (κ1) is 24.1. The van der Waals surface area contributed by atoms with Crippen LogP contribution in [-0.4, -0.2) is 18.1 Å². The quantitative estimate of drug-likeness (QED) is 0.230. The number of hydrogen-bond acceptors (Lipinski definition) is 10. The molecule has 182 valence electrons. The highest BCUT2D eigenvalue weighted by molar-refractivity contribution is 7.19. The van der Waals surface area contributed by atoms with E-state index in [0.29, 0.717) is 5.13 Å². The van der Waals surface area contributed by atoms with Crippen LogP contribution in [-0.2, 0) is 0 Å². The second-order valence-corrected chi connectivity index (χ2v) is 10.5. The average molecular weight is 515 g/mol. The van der Waals surface area contributed by atoms with E-state index in [0.717, 1.165) is 57.7 Å². The third kappa shape index (κ3) is 5.95. The largest absolute Gasteiger partial charge is 0.363 e. The van der Waals surface area contributed by atoms with E-state index in [1.807, 2.05) is 68.6 Å². The zero-order valence-corrected chi connectivity index (χ0v) is 22.1. The van der Waals surface area contributed by atoms with E-state index in [1.54, 1.807) is 11.3 Å². The van der Waals surface area contributed by atoms with Crippen molar-refractivity contribution in [1.29, 1.82) is 0 Å². The van der Waals surface area contributed by atoms with Gasteiger partial charge < -0.3 is 4.90 Å². The van der Waals surface area contributed by atoms with Crippen LogP contribution < -0.4 is 4.90 Å². The molecule has 0 spiro atoms. The lowest BCUT2D eigenvalue weighted by Gasteiger charge is -2.13. The van der Waals surface area contributed by atoms with Gasteiger partial charge in [-0.3, -0.25) is 0 Å². The molecule has 1 aliphatic heterocycles. The van der Waals surface area contributed by atoms with Gasteiger partial charge in [-0.2, -0.15) is 10.2 Å². The number of anilines is 1. The van der Waals surface area contributed by atoms with Gasteiger partial charge in [0.25, 0.3) is 0 Å². The van der Waals surface area contributed by atoms with Crippen molar-refractivity contribution >= 4 is 60.6 Å². The lowest BCUT2D eigenvalue weighted by molar-refractivity contribution is 0.949. The van der Waals surface area contributed by atoms with Gasteiger partial charge in [0.2, 0.25) is 5.13 Å². The smallest absolute Gasteiger partial charge is 0.230 e. The number of aryl methyl sites for hydroxylation is 3. The topological polar surface area (TPSA) is 90.3 Å². The number of rotatable bonds is 7. The van der Waals surface area contributed by atoms with Crippen molar-refractivity contribution in [3.8, 4) is 0 Å². The molecule has 1 fully saturated rings. The molecule has 8 nitrogen and oxygen atoms in total. The number of hydrogen-bond donors (Lipinski definition) is 0. The molecule has 1 saturated heterocycles. The first-order valence-corrected chi connectivity index (χ1v) is 13.5. The molecule has 0 unspecified atom stereocenters. The molecule has 0 amide bonds. The van der Waals surface area contributed by atoms with Crippen LogP contribution in [0.25, 0.3) is 0 Å². The summed E-state index contributed by atoms with van der Waals surface area (Å²) in [6, 6.07) is 15.7. The molecule has 36 heavy (non-hydrogen) atoms. The normalized spacial score (nSPS) is 14.2. The van der Waals surface area contributed by atoms with Crippen LogP contribution in [0.2, 0.25) is 0 Å². The van der Waals surface area contributed by atoms with E-state index in [4.69, 9.17) is 0 Å². The molecule has 2 aromatic heterocycles. The molecule has 3 heterocycles. The van der Waals surface area contributed by atoms with Gasteiger partial charge >= 0.3 is 0 Å². The number of aromatic nitrogens is 1. The summed E-state index contributed by atoms with van der Waals surface area (Å²) in [6.45, 7) is 8.18. The summed E-state index contributed by atoms with van der Waals surface area (Å²) in [5.74, 6) is 0. The van der Waals surface area contributed by atoms with Gasteiger partial charge in [0, 0.05) is 18.5 Å². The molecular weight excluding hydrogens is 488 g/mol. The van der Waals surface area contributed by atoms with Crippen molar-refractivity contribution in [3.63, 3.8) is 0 Å². The minimum absolute atomic E-state index is 0.649. The Morgan fingerprint density at radius 1 is 0.722 bits per heavy atom. The third-order valence-electron chi connectivity index (χ3n) is 5.74. The molecule has 0 radical (unpaired) electrons. The Morgan fingerprint density at radius 2 is 1.36 bits per heavy atom. The van der Waals surface area contributed by atoms with Gasteiger partial charge in [-0.05, 0) is 93.3 Å². The maximum Gasteiger partial charge on any atom is 0.230 e. The lowest BCUT2D eigenvalue weighted by Crippen LogP contribution is -2.15. The summed E-state index contributed by atoms with van der Waals surface area (Å²) in [7, 11) is 0. The predicted molar refractivity (Wildman–Crippen MR) is 148 cm³/mol. The van der Waals surface area contributed by atoms with Crippen molar-refractivity contribution in [2.75, 3.05) is 18.0 Å². The molecular formula is C26H26N8S2. The Balaban J connectivity index is 1.23. The SMILES string of the molecule is Cc1csc(N=Nc2ccc(N=Nc3ccc(N=Nc4ccc(N5CCCC5)s4)cc3C)cc2C)n1. The van der Waals surface area contributed by atoms with Gasteiger partial charge in [-0.25, -0.2) is 4.98 Å². The van der Waals surface area contributed by atoms with Crippen LogP contribution in [0.4, 0.5) is 37.9 Å². The minimum Gasteiger partial charge on any atom is -0.363 e. The lowest BCUT2D eigenvalue weighted by atomic mass is 10.2. The van der Waals surface area contributed by atoms with Crippen LogP contribution >= 0.6 is 22.7 Å². The molecule has 0 aliphatic carbocycles. The first-order chi connectivity index (χ1) is 17.5. The summed E-state index contributed by atoms with van der Waals surface area (Å²) < 4.78 is 0. The second kappa shape index (κ2) is 11.0. The van der Waals surface area contributed by atoms with E-state index >= 15 is 0 Å². The van der Waals surface area contributed by atoms with E-state index in [-0.39, 0.29) is 0 Å². The van der Waals surface area contributed by atoms with E-state index in [9.17, 15) is 0 Å². The number of azo groups is 3. The van der Waals surface area contributed by atoms with E-state index in [2.05, 4.69) is 46.6 Å². The van der Waals surface area contributed by atoms with Gasteiger partial charge in [0.05, 0.1) is 33.4 Å². The third-order valence-corrected chi connectivity index (χ3v) is 7.62. The van der Waals surface area contributed by atoms with Crippen LogP contribution in [0, 0.1) is 20.8 Å². The number of benzene rings is 2. The maximum atomic E-state index is 4.44. The van der Waals surface area contributed by atoms with Crippen LogP contribution in [0.1, 0.15) is 29.7 Å². The Labute approximate surface area is 218 Å². The van der Waals surface area contributed by atoms with Gasteiger partial charge in [0.1, 0.15) is 5.00 Å². The van der Waals surface area contributed by atoms with Gasteiger partial charge in [0.15, 0.2) is 0 Å². The summed E-state index contributed by atoms with van der Waals surface area (Å²) in [5, 5.41) is 31.0. The van der Waals surface area contributed by atoms with Crippen LogP contribution in [0.15, 0.2) is 84.6 Å². The van der Waals surface area contributed by atoms with Crippen molar-refractivity contribution in [2.45, 2.75) is 33.6 Å². The zero-order chi connectivity index (χ0) is 24.9. The van der Waals surface area contributed by atoms with E-state index < -0.39 is 0 Å². The number of thiophene rings is 1. The van der Waals surface area contributed by atoms with Crippen LogP contribution in [0.5, 0.6) is 0 Å². The highest BCUT2D eigenvalue weighted by Gasteiger charge is 2.14. The Bertz CT molecular complexity index is 1440. The fraction of sp³-hybridized carbons (Fsp3) is 0.269. The van der Waals surface area contributed by atoms with Crippen molar-refractivity contribution in [3.05, 3.63) is 70.7 Å².